The average Bonchev–Trinajstić information content (AvgIpc) is 1.99. The van der Waals surface area contributed by atoms with Gasteiger partial charge < -0.3 is 5.21 Å². The molecule has 1 atom stereocenters. The summed E-state index contributed by atoms with van der Waals surface area (Å²) in [6, 6.07) is 0. The topological polar surface area (TPSA) is 57.6 Å². The predicted octanol–water partition coefficient (Wildman–Crippen LogP) is 0.522. The van der Waals surface area contributed by atoms with Crippen molar-refractivity contribution in [3.05, 3.63) is 0 Å². The van der Waals surface area contributed by atoms with E-state index in [1.807, 2.05) is 0 Å². The molecule has 0 aliphatic carbocycles. The molecule has 0 bridgehead atoms. The smallest absolute Gasteiger partial charge is 0.150 e. The Balaban J connectivity index is 2.35. The monoisotopic (exact) mass is 207 g/mol. The van der Waals surface area contributed by atoms with Crippen LogP contribution in [0.4, 0.5) is 0 Å². The first-order chi connectivity index (χ1) is 5.99. The van der Waals surface area contributed by atoms with E-state index in [0.29, 0.717) is 18.1 Å². The zero-order valence-electron chi connectivity index (χ0n) is 7.94. The van der Waals surface area contributed by atoms with E-state index < -0.39 is 9.84 Å². The summed E-state index contributed by atoms with van der Waals surface area (Å²) in [6.07, 6.45) is 2.53. The lowest BCUT2D eigenvalue weighted by atomic mass is 10.0. The molecule has 0 amide bonds. The third-order valence-corrected chi connectivity index (χ3v) is 4.31. The van der Waals surface area contributed by atoms with Gasteiger partial charge in [-0.2, -0.15) is 5.06 Å². The van der Waals surface area contributed by atoms with Gasteiger partial charge in [0.25, 0.3) is 0 Å². The van der Waals surface area contributed by atoms with Crippen molar-refractivity contribution in [2.45, 2.75) is 19.3 Å². The highest BCUT2D eigenvalue weighted by atomic mass is 32.2. The maximum atomic E-state index is 11.2. The number of sulfone groups is 1. The van der Waals surface area contributed by atoms with Crippen molar-refractivity contribution in [2.75, 3.05) is 25.1 Å². The fraction of sp³-hybridized carbons (Fsp3) is 1.00. The van der Waals surface area contributed by atoms with Crippen molar-refractivity contribution in [3.8, 4) is 0 Å². The lowest BCUT2D eigenvalue weighted by Crippen LogP contribution is -2.28. The normalized spacial score (nSPS) is 27.8. The summed E-state index contributed by atoms with van der Waals surface area (Å²) in [5.74, 6) is 0.896. The van der Waals surface area contributed by atoms with E-state index >= 15 is 0 Å². The fourth-order valence-electron chi connectivity index (χ4n) is 1.71. The SMILES string of the molecule is CN(O)CCC1CCCS(=O)(=O)C1. The molecule has 13 heavy (non-hydrogen) atoms. The van der Waals surface area contributed by atoms with Crippen molar-refractivity contribution in [2.24, 2.45) is 5.92 Å². The van der Waals surface area contributed by atoms with Gasteiger partial charge in [0.15, 0.2) is 9.84 Å². The number of rotatable bonds is 3. The lowest BCUT2D eigenvalue weighted by Gasteiger charge is -2.22. The minimum absolute atomic E-state index is 0.244. The Kier molecular flexibility index (Phi) is 3.70. The van der Waals surface area contributed by atoms with Crippen LogP contribution in [-0.2, 0) is 9.84 Å². The number of hydrogen-bond donors (Lipinski definition) is 1. The highest BCUT2D eigenvalue weighted by Gasteiger charge is 2.24. The molecule has 0 radical (unpaired) electrons. The summed E-state index contributed by atoms with van der Waals surface area (Å²) in [5.41, 5.74) is 0. The minimum atomic E-state index is -2.78. The van der Waals surface area contributed by atoms with Crippen LogP contribution in [0.3, 0.4) is 0 Å². The Morgan fingerprint density at radius 1 is 1.54 bits per heavy atom. The van der Waals surface area contributed by atoms with Crippen molar-refractivity contribution in [1.29, 1.82) is 0 Å². The molecule has 1 unspecified atom stereocenters. The predicted molar refractivity (Wildman–Crippen MR) is 50.4 cm³/mol. The molecule has 1 aliphatic heterocycles. The highest BCUT2D eigenvalue weighted by molar-refractivity contribution is 7.91. The summed E-state index contributed by atoms with van der Waals surface area (Å²) in [4.78, 5) is 0. The molecule has 0 aromatic rings. The second-order valence-electron chi connectivity index (χ2n) is 3.79. The van der Waals surface area contributed by atoms with Crippen LogP contribution in [0, 0.1) is 5.92 Å². The summed E-state index contributed by atoms with van der Waals surface area (Å²) >= 11 is 0. The molecule has 4 nitrogen and oxygen atoms in total. The van der Waals surface area contributed by atoms with Crippen LogP contribution >= 0.6 is 0 Å². The molecular formula is C8H17NO3S. The first-order valence-electron chi connectivity index (χ1n) is 4.60. The van der Waals surface area contributed by atoms with Crippen LogP contribution in [0.5, 0.6) is 0 Å². The third kappa shape index (κ3) is 4.06. The van der Waals surface area contributed by atoms with Crippen LogP contribution < -0.4 is 0 Å². The second kappa shape index (κ2) is 4.39. The van der Waals surface area contributed by atoms with E-state index in [0.717, 1.165) is 24.3 Å². The molecule has 1 fully saturated rings. The van der Waals surface area contributed by atoms with E-state index in [2.05, 4.69) is 0 Å². The van der Waals surface area contributed by atoms with Crippen LogP contribution in [0.2, 0.25) is 0 Å². The molecule has 0 spiro atoms. The average molecular weight is 207 g/mol. The van der Waals surface area contributed by atoms with E-state index in [4.69, 9.17) is 5.21 Å². The largest absolute Gasteiger partial charge is 0.314 e. The fourth-order valence-corrected chi connectivity index (χ4v) is 3.54. The van der Waals surface area contributed by atoms with Gasteiger partial charge in [-0.05, 0) is 25.2 Å². The maximum absolute atomic E-state index is 11.2. The number of nitrogens with zero attached hydrogens (tertiary/aromatic N) is 1. The summed E-state index contributed by atoms with van der Waals surface area (Å²) in [5, 5.41) is 10.0. The van der Waals surface area contributed by atoms with Gasteiger partial charge in [0.2, 0.25) is 0 Å². The number of hydroxylamine groups is 2. The van der Waals surface area contributed by atoms with Gasteiger partial charge in [0.1, 0.15) is 0 Å². The van der Waals surface area contributed by atoms with Gasteiger partial charge in [-0.15, -0.1) is 0 Å². The van der Waals surface area contributed by atoms with Gasteiger partial charge >= 0.3 is 0 Å². The standard InChI is InChI=1S/C8H17NO3S/c1-9(10)5-4-8-3-2-6-13(11,12)7-8/h8,10H,2-7H2,1H3. The molecule has 0 aromatic carbocycles. The lowest BCUT2D eigenvalue weighted by molar-refractivity contribution is -0.0678. The van der Waals surface area contributed by atoms with Crippen LogP contribution in [0.15, 0.2) is 0 Å². The Morgan fingerprint density at radius 2 is 2.23 bits per heavy atom. The van der Waals surface area contributed by atoms with Gasteiger partial charge in [-0.25, -0.2) is 8.42 Å². The van der Waals surface area contributed by atoms with Gasteiger partial charge in [0, 0.05) is 13.6 Å². The van der Waals surface area contributed by atoms with Crippen molar-refractivity contribution >= 4 is 9.84 Å². The van der Waals surface area contributed by atoms with E-state index in [1.165, 1.54) is 0 Å². The molecule has 0 aromatic heterocycles. The molecule has 1 aliphatic rings. The van der Waals surface area contributed by atoms with Gasteiger partial charge in [-0.1, -0.05) is 0 Å². The molecule has 1 rings (SSSR count). The quantitative estimate of drug-likeness (QED) is 0.686. The van der Waals surface area contributed by atoms with Crippen LogP contribution in [-0.4, -0.2) is 43.8 Å². The zero-order chi connectivity index (χ0) is 9.90. The van der Waals surface area contributed by atoms with Crippen molar-refractivity contribution in [3.63, 3.8) is 0 Å². The van der Waals surface area contributed by atoms with E-state index in [1.54, 1.807) is 7.05 Å². The van der Waals surface area contributed by atoms with E-state index in [-0.39, 0.29) is 5.92 Å². The van der Waals surface area contributed by atoms with E-state index in [9.17, 15) is 8.42 Å². The Labute approximate surface area is 79.4 Å². The summed E-state index contributed by atoms with van der Waals surface area (Å²) in [6.45, 7) is 0.556. The summed E-state index contributed by atoms with van der Waals surface area (Å²) in [7, 11) is -1.20. The number of hydrogen-bond acceptors (Lipinski definition) is 4. The van der Waals surface area contributed by atoms with Crippen molar-refractivity contribution in [1.82, 2.24) is 5.06 Å². The Bertz CT molecular complexity index is 248. The first-order valence-corrected chi connectivity index (χ1v) is 6.42. The molecule has 1 saturated heterocycles. The molecule has 0 saturated carbocycles. The first kappa shape index (κ1) is 10.9. The maximum Gasteiger partial charge on any atom is 0.150 e. The second-order valence-corrected chi connectivity index (χ2v) is 6.02. The Hall–Kier alpha value is -0.130. The van der Waals surface area contributed by atoms with Crippen LogP contribution in [0.25, 0.3) is 0 Å². The zero-order valence-corrected chi connectivity index (χ0v) is 8.76. The van der Waals surface area contributed by atoms with Crippen LogP contribution in [0.1, 0.15) is 19.3 Å². The van der Waals surface area contributed by atoms with Gasteiger partial charge in [-0.3, -0.25) is 0 Å². The van der Waals surface area contributed by atoms with Crippen molar-refractivity contribution < 1.29 is 13.6 Å². The molecule has 78 valence electrons. The third-order valence-electron chi connectivity index (χ3n) is 2.42. The highest BCUT2D eigenvalue weighted by Crippen LogP contribution is 2.21. The molecule has 5 heteroatoms. The van der Waals surface area contributed by atoms with Gasteiger partial charge in [0.05, 0.1) is 11.5 Å². The molecule has 1 heterocycles. The minimum Gasteiger partial charge on any atom is -0.314 e. The molecule has 1 N–H and O–H groups in total. The molecular weight excluding hydrogens is 190 g/mol. The Morgan fingerprint density at radius 3 is 2.77 bits per heavy atom. The summed E-state index contributed by atoms with van der Waals surface area (Å²) < 4.78 is 22.5.